The van der Waals surface area contributed by atoms with E-state index in [0.717, 1.165) is 11.1 Å². The number of amides is 1. The SMILES string of the molecule is Cc1ccccc1C(=O)N(C)CCCO. The average Bonchev–Trinajstić information content (AvgIpc) is 2.25. The second kappa shape index (κ2) is 5.51. The highest BCUT2D eigenvalue weighted by Gasteiger charge is 2.12. The van der Waals surface area contributed by atoms with Gasteiger partial charge < -0.3 is 10.0 Å². The first kappa shape index (κ1) is 11.7. The van der Waals surface area contributed by atoms with Crippen molar-refractivity contribution in [3.63, 3.8) is 0 Å². The molecule has 1 N–H and O–H groups in total. The molecule has 0 saturated heterocycles. The van der Waals surface area contributed by atoms with Crippen LogP contribution in [-0.4, -0.2) is 36.1 Å². The molecule has 0 aliphatic carbocycles. The zero-order chi connectivity index (χ0) is 11.3. The van der Waals surface area contributed by atoms with Crippen molar-refractivity contribution in [2.75, 3.05) is 20.2 Å². The molecule has 1 rings (SSSR count). The predicted octanol–water partition coefficient (Wildman–Crippen LogP) is 1.45. The summed E-state index contributed by atoms with van der Waals surface area (Å²) >= 11 is 0. The first-order valence-corrected chi connectivity index (χ1v) is 5.08. The van der Waals surface area contributed by atoms with Gasteiger partial charge >= 0.3 is 0 Å². The third kappa shape index (κ3) is 3.06. The maximum Gasteiger partial charge on any atom is 0.253 e. The summed E-state index contributed by atoms with van der Waals surface area (Å²) in [5.74, 6) is 0.0153. The van der Waals surface area contributed by atoms with Crippen molar-refractivity contribution >= 4 is 5.91 Å². The molecular formula is C12H17NO2. The van der Waals surface area contributed by atoms with Crippen LogP contribution >= 0.6 is 0 Å². The molecule has 0 aromatic heterocycles. The highest BCUT2D eigenvalue weighted by atomic mass is 16.3. The fraction of sp³-hybridized carbons (Fsp3) is 0.417. The Labute approximate surface area is 90.3 Å². The van der Waals surface area contributed by atoms with E-state index in [1.807, 2.05) is 31.2 Å². The number of hydrogen-bond donors (Lipinski definition) is 1. The lowest BCUT2D eigenvalue weighted by Gasteiger charge is -2.17. The molecule has 0 aliphatic rings. The third-order valence-corrected chi connectivity index (χ3v) is 2.37. The number of hydrogen-bond acceptors (Lipinski definition) is 2. The van der Waals surface area contributed by atoms with Crippen LogP contribution in [0.5, 0.6) is 0 Å². The number of carbonyl (C=O) groups is 1. The minimum Gasteiger partial charge on any atom is -0.396 e. The Morgan fingerprint density at radius 1 is 1.40 bits per heavy atom. The lowest BCUT2D eigenvalue weighted by atomic mass is 10.1. The highest BCUT2D eigenvalue weighted by Crippen LogP contribution is 2.09. The zero-order valence-corrected chi connectivity index (χ0v) is 9.23. The third-order valence-electron chi connectivity index (χ3n) is 2.37. The molecule has 0 fully saturated rings. The molecule has 1 amide bonds. The van der Waals surface area contributed by atoms with E-state index in [2.05, 4.69) is 0 Å². The molecular weight excluding hydrogens is 190 g/mol. The molecule has 0 bridgehead atoms. The van der Waals surface area contributed by atoms with Crippen molar-refractivity contribution in [2.24, 2.45) is 0 Å². The summed E-state index contributed by atoms with van der Waals surface area (Å²) < 4.78 is 0. The van der Waals surface area contributed by atoms with Gasteiger partial charge in [0.15, 0.2) is 0 Å². The van der Waals surface area contributed by atoms with E-state index < -0.39 is 0 Å². The van der Waals surface area contributed by atoms with Crippen LogP contribution in [0.15, 0.2) is 24.3 Å². The smallest absolute Gasteiger partial charge is 0.253 e. The Kier molecular flexibility index (Phi) is 4.31. The average molecular weight is 207 g/mol. The Morgan fingerprint density at radius 2 is 2.07 bits per heavy atom. The number of aliphatic hydroxyl groups excluding tert-OH is 1. The van der Waals surface area contributed by atoms with Gasteiger partial charge in [0.1, 0.15) is 0 Å². The summed E-state index contributed by atoms with van der Waals surface area (Å²) in [6, 6.07) is 7.53. The number of aryl methyl sites for hydroxylation is 1. The maximum absolute atomic E-state index is 11.9. The van der Waals surface area contributed by atoms with Crippen LogP contribution in [0.3, 0.4) is 0 Å². The molecule has 82 valence electrons. The van der Waals surface area contributed by atoms with Gasteiger partial charge in [-0.25, -0.2) is 0 Å². The standard InChI is InChI=1S/C12H17NO2/c1-10-6-3-4-7-11(10)12(15)13(2)8-5-9-14/h3-4,6-7,14H,5,8-9H2,1-2H3. The van der Waals surface area contributed by atoms with Gasteiger partial charge in [-0.3, -0.25) is 4.79 Å². The van der Waals surface area contributed by atoms with E-state index in [1.54, 1.807) is 11.9 Å². The zero-order valence-electron chi connectivity index (χ0n) is 9.23. The van der Waals surface area contributed by atoms with Crippen LogP contribution in [0, 0.1) is 6.92 Å². The summed E-state index contributed by atoms with van der Waals surface area (Å²) in [5, 5.41) is 8.68. The molecule has 0 heterocycles. The summed E-state index contributed by atoms with van der Waals surface area (Å²) in [5.41, 5.74) is 1.72. The molecule has 0 unspecified atom stereocenters. The molecule has 3 nitrogen and oxygen atoms in total. The monoisotopic (exact) mass is 207 g/mol. The van der Waals surface area contributed by atoms with Crippen LogP contribution in [-0.2, 0) is 0 Å². The van der Waals surface area contributed by atoms with E-state index in [-0.39, 0.29) is 12.5 Å². The Bertz CT molecular complexity index is 336. The van der Waals surface area contributed by atoms with E-state index in [4.69, 9.17) is 5.11 Å². The Morgan fingerprint density at radius 3 is 2.67 bits per heavy atom. The quantitative estimate of drug-likeness (QED) is 0.811. The Hall–Kier alpha value is -1.35. The summed E-state index contributed by atoms with van der Waals surface area (Å²) in [6.07, 6.45) is 0.619. The van der Waals surface area contributed by atoms with Crippen LogP contribution in [0.25, 0.3) is 0 Å². The summed E-state index contributed by atoms with van der Waals surface area (Å²) in [4.78, 5) is 13.6. The number of aliphatic hydroxyl groups is 1. The lowest BCUT2D eigenvalue weighted by molar-refractivity contribution is 0.0785. The van der Waals surface area contributed by atoms with Crippen LogP contribution in [0.2, 0.25) is 0 Å². The van der Waals surface area contributed by atoms with E-state index >= 15 is 0 Å². The molecule has 1 aromatic rings. The van der Waals surface area contributed by atoms with Crippen LogP contribution in [0.4, 0.5) is 0 Å². The maximum atomic E-state index is 11.9. The molecule has 1 aromatic carbocycles. The largest absolute Gasteiger partial charge is 0.396 e. The molecule has 3 heteroatoms. The van der Waals surface area contributed by atoms with Gasteiger partial charge in [-0.15, -0.1) is 0 Å². The van der Waals surface area contributed by atoms with Crippen molar-refractivity contribution in [2.45, 2.75) is 13.3 Å². The molecule has 0 atom stereocenters. The first-order chi connectivity index (χ1) is 7.16. The van der Waals surface area contributed by atoms with Gasteiger partial charge in [-0.1, -0.05) is 18.2 Å². The van der Waals surface area contributed by atoms with Gasteiger partial charge in [-0.05, 0) is 25.0 Å². The van der Waals surface area contributed by atoms with E-state index in [9.17, 15) is 4.79 Å². The molecule has 0 radical (unpaired) electrons. The minimum atomic E-state index is 0.0153. The molecule has 0 aliphatic heterocycles. The Balaban J connectivity index is 2.72. The highest BCUT2D eigenvalue weighted by molar-refractivity contribution is 5.95. The van der Waals surface area contributed by atoms with Crippen LogP contribution in [0.1, 0.15) is 22.3 Å². The van der Waals surface area contributed by atoms with Crippen molar-refractivity contribution in [3.05, 3.63) is 35.4 Å². The summed E-state index contributed by atoms with van der Waals surface area (Å²) in [6.45, 7) is 2.63. The number of nitrogens with zero attached hydrogens (tertiary/aromatic N) is 1. The normalized spacial score (nSPS) is 10.1. The number of benzene rings is 1. The van der Waals surface area contributed by atoms with Gasteiger partial charge in [0.05, 0.1) is 0 Å². The minimum absolute atomic E-state index is 0.0153. The summed E-state index contributed by atoms with van der Waals surface area (Å²) in [7, 11) is 1.75. The van der Waals surface area contributed by atoms with Crippen LogP contribution < -0.4 is 0 Å². The van der Waals surface area contributed by atoms with Gasteiger partial charge in [0, 0.05) is 25.8 Å². The van der Waals surface area contributed by atoms with Gasteiger partial charge in [0.25, 0.3) is 5.91 Å². The molecule has 0 saturated carbocycles. The second-order valence-electron chi connectivity index (χ2n) is 3.62. The van der Waals surface area contributed by atoms with Gasteiger partial charge in [-0.2, -0.15) is 0 Å². The topological polar surface area (TPSA) is 40.5 Å². The second-order valence-corrected chi connectivity index (χ2v) is 3.62. The van der Waals surface area contributed by atoms with Crippen molar-refractivity contribution in [3.8, 4) is 0 Å². The number of rotatable bonds is 4. The van der Waals surface area contributed by atoms with E-state index in [0.29, 0.717) is 13.0 Å². The number of carbonyl (C=O) groups excluding carboxylic acids is 1. The lowest BCUT2D eigenvalue weighted by Crippen LogP contribution is -2.28. The molecule has 15 heavy (non-hydrogen) atoms. The predicted molar refractivity (Wildman–Crippen MR) is 59.8 cm³/mol. The van der Waals surface area contributed by atoms with E-state index in [1.165, 1.54) is 0 Å². The fourth-order valence-electron chi connectivity index (χ4n) is 1.43. The van der Waals surface area contributed by atoms with Crippen molar-refractivity contribution in [1.82, 2.24) is 4.90 Å². The fourth-order valence-corrected chi connectivity index (χ4v) is 1.43. The van der Waals surface area contributed by atoms with Crippen molar-refractivity contribution in [1.29, 1.82) is 0 Å². The molecule has 0 spiro atoms. The van der Waals surface area contributed by atoms with Gasteiger partial charge in [0.2, 0.25) is 0 Å². The first-order valence-electron chi connectivity index (χ1n) is 5.08. The van der Waals surface area contributed by atoms with Crippen molar-refractivity contribution < 1.29 is 9.90 Å².